The van der Waals surface area contributed by atoms with Crippen molar-refractivity contribution in [1.82, 2.24) is 0 Å². The third kappa shape index (κ3) is 43.6. The second-order valence-electron chi connectivity index (χ2n) is 17.0. The number of unbranched alkanes of at least 4 members (excludes halogenated alkanes) is 28. The molecular weight excluding hydrogens is 887 g/mol. The SMILES string of the molecule is CCCCCCCCCCCCOCC=CC[O][Sn]([CH2]CCC)([O]CC=CC(=O)OCCCCCCCCCCCC)[O]C(=O)C=CC(=O)OCCCCCCCCCCCC. The van der Waals surface area contributed by atoms with E-state index in [4.69, 9.17) is 23.4 Å². The Labute approximate surface area is 387 Å². The molecule has 0 bridgehead atoms. The third-order valence-corrected chi connectivity index (χ3v) is 18.7. The molecule has 0 saturated carbocycles. The van der Waals surface area contributed by atoms with Gasteiger partial charge in [0.05, 0.1) is 0 Å². The summed E-state index contributed by atoms with van der Waals surface area (Å²) in [5.74, 6) is -1.69. The van der Waals surface area contributed by atoms with Gasteiger partial charge in [-0.3, -0.25) is 0 Å². The average molecular weight is 984 g/mol. The van der Waals surface area contributed by atoms with Gasteiger partial charge in [0.2, 0.25) is 0 Å². The van der Waals surface area contributed by atoms with Crippen molar-refractivity contribution in [2.45, 2.75) is 238 Å². The molecule has 0 heterocycles. The Balaban J connectivity index is 4.96. The van der Waals surface area contributed by atoms with E-state index in [9.17, 15) is 14.4 Å². The Kier molecular flexibility index (Phi) is 47.4. The van der Waals surface area contributed by atoms with Gasteiger partial charge in [0.15, 0.2) is 0 Å². The molecule has 0 spiro atoms. The van der Waals surface area contributed by atoms with E-state index in [2.05, 4.69) is 27.7 Å². The predicted molar refractivity (Wildman–Crippen MR) is 259 cm³/mol. The molecule has 0 radical (unpaired) electrons. The summed E-state index contributed by atoms with van der Waals surface area (Å²) < 4.78 is 35.6. The van der Waals surface area contributed by atoms with Crippen molar-refractivity contribution in [3.05, 3.63) is 36.5 Å². The number of esters is 2. The molecule has 0 aromatic heterocycles. The van der Waals surface area contributed by atoms with Crippen LogP contribution in [0, 0.1) is 0 Å². The van der Waals surface area contributed by atoms with Gasteiger partial charge < -0.3 is 0 Å². The van der Waals surface area contributed by atoms with Crippen LogP contribution in [0.1, 0.15) is 233 Å². The Morgan fingerprint density at radius 2 is 0.694 bits per heavy atom. The van der Waals surface area contributed by atoms with E-state index >= 15 is 0 Å². The molecule has 0 saturated heterocycles. The average Bonchev–Trinajstić information content (AvgIpc) is 3.27. The van der Waals surface area contributed by atoms with Crippen molar-refractivity contribution in [2.75, 3.05) is 39.6 Å². The van der Waals surface area contributed by atoms with Crippen molar-refractivity contribution in [1.29, 1.82) is 0 Å². The van der Waals surface area contributed by atoms with Crippen molar-refractivity contribution in [2.24, 2.45) is 0 Å². The summed E-state index contributed by atoms with van der Waals surface area (Å²) in [6.07, 6.45) is 47.6. The first-order valence-corrected chi connectivity index (χ1v) is 31.4. The van der Waals surface area contributed by atoms with Gasteiger partial charge in [-0.15, -0.1) is 0 Å². The van der Waals surface area contributed by atoms with Gasteiger partial charge in [0.25, 0.3) is 0 Å². The number of hydrogen-bond acceptors (Lipinski definition) is 9. The quantitative estimate of drug-likeness (QED) is 0.0194. The van der Waals surface area contributed by atoms with E-state index < -0.39 is 37.5 Å². The molecule has 9 nitrogen and oxygen atoms in total. The first kappa shape index (κ1) is 60.3. The Morgan fingerprint density at radius 3 is 1.13 bits per heavy atom. The minimum atomic E-state index is -4.55. The van der Waals surface area contributed by atoms with E-state index in [1.54, 1.807) is 6.08 Å². The molecule has 362 valence electrons. The molecule has 1 unspecified atom stereocenters. The Bertz CT molecular complexity index is 1090. The molecule has 10 heteroatoms. The van der Waals surface area contributed by atoms with Crippen molar-refractivity contribution >= 4 is 37.5 Å². The molecule has 0 aliphatic rings. The summed E-state index contributed by atoms with van der Waals surface area (Å²) in [4.78, 5) is 38.0. The molecule has 1 atom stereocenters. The summed E-state index contributed by atoms with van der Waals surface area (Å²) >= 11 is -4.55. The molecule has 0 aliphatic carbocycles. The van der Waals surface area contributed by atoms with Crippen molar-refractivity contribution in [3.63, 3.8) is 0 Å². The molecule has 0 rings (SSSR count). The summed E-state index contributed by atoms with van der Waals surface area (Å²) in [7, 11) is 0. The topological polar surface area (TPSA) is 107 Å². The van der Waals surface area contributed by atoms with Crippen LogP contribution in [0.15, 0.2) is 36.5 Å². The fourth-order valence-electron chi connectivity index (χ4n) is 7.11. The smallest absolute Gasteiger partial charge is 0.0654 e. The second kappa shape index (κ2) is 48.8. The van der Waals surface area contributed by atoms with Crippen LogP contribution in [0.2, 0.25) is 4.44 Å². The first-order valence-electron chi connectivity index (χ1n) is 25.8. The monoisotopic (exact) mass is 985 g/mol. The molecule has 0 aromatic carbocycles. The van der Waals surface area contributed by atoms with Crippen LogP contribution in [0.3, 0.4) is 0 Å². The molecule has 0 amide bonds. The second-order valence-corrected chi connectivity index (χ2v) is 24.5. The van der Waals surface area contributed by atoms with Gasteiger partial charge in [0.1, 0.15) is 0 Å². The fourth-order valence-corrected chi connectivity index (χ4v) is 14.1. The van der Waals surface area contributed by atoms with Gasteiger partial charge >= 0.3 is 272 Å². The zero-order chi connectivity index (χ0) is 45.3. The van der Waals surface area contributed by atoms with E-state index in [0.717, 1.165) is 76.5 Å². The Morgan fingerprint density at radius 1 is 0.355 bits per heavy atom. The summed E-state index contributed by atoms with van der Waals surface area (Å²) in [5.41, 5.74) is 0. The summed E-state index contributed by atoms with van der Waals surface area (Å²) in [5, 5.41) is 0. The van der Waals surface area contributed by atoms with E-state index in [0.29, 0.717) is 24.3 Å². The number of ether oxygens (including phenoxy) is 3. The molecule has 0 aliphatic heterocycles. The third-order valence-electron chi connectivity index (χ3n) is 11.0. The standard InChI is InChI=1S/C16H28O4.C16H29O3.C16H31O2.C4H9.Sn/c1-2-3-4-5-6-7-8-9-10-11-14-20-16(19)13-12-15(17)18;1-2-3-4-5-6-7-8-9-10-11-15-19-16(18)13-12-14-17;1-2-3-4-5-6-7-8-9-10-12-15-18-16-13-11-14-17;1-3-4-2;/h12-13H,2-11,14H2,1H3,(H,17,18);12-13H,2-11,14-15H2,1H3;11,13H,2-10,12,14-16H2,1H3;1,3-4H2,2H3;/q;2*-1;;+3/p-1. The summed E-state index contributed by atoms with van der Waals surface area (Å²) in [6, 6.07) is 0. The molecule has 0 fully saturated rings. The van der Waals surface area contributed by atoms with E-state index in [1.165, 1.54) is 154 Å². The predicted octanol–water partition coefficient (Wildman–Crippen LogP) is 14.8. The number of carbonyl (C=O) groups excluding carboxylic acids is 3. The van der Waals surface area contributed by atoms with Gasteiger partial charge in [-0.1, -0.05) is 117 Å². The van der Waals surface area contributed by atoms with Crippen LogP contribution in [-0.4, -0.2) is 77.2 Å². The van der Waals surface area contributed by atoms with E-state index in [-0.39, 0.29) is 13.2 Å². The minimum Gasteiger partial charge on any atom is -0.0654 e. The van der Waals surface area contributed by atoms with Crippen LogP contribution < -0.4 is 0 Å². The van der Waals surface area contributed by atoms with Gasteiger partial charge in [-0.05, 0) is 0 Å². The van der Waals surface area contributed by atoms with Crippen LogP contribution in [-0.2, 0) is 37.8 Å². The normalized spacial score (nSPS) is 12.8. The maximum absolute atomic E-state index is 13.1. The first-order chi connectivity index (χ1) is 30.4. The zero-order valence-electron chi connectivity index (χ0n) is 40.7. The van der Waals surface area contributed by atoms with Crippen molar-refractivity contribution in [3.8, 4) is 0 Å². The van der Waals surface area contributed by atoms with Gasteiger partial charge in [-0.2, -0.15) is 0 Å². The van der Waals surface area contributed by atoms with Crippen LogP contribution >= 0.6 is 0 Å². The van der Waals surface area contributed by atoms with Gasteiger partial charge in [-0.25, -0.2) is 0 Å². The van der Waals surface area contributed by atoms with Gasteiger partial charge in [0, 0.05) is 0 Å². The fraction of sp³-hybridized carbons (Fsp3) is 0.827. The summed E-state index contributed by atoms with van der Waals surface area (Å²) in [6.45, 7) is 11.0. The molecule has 62 heavy (non-hydrogen) atoms. The molecular formula is C52H96O9Sn. The van der Waals surface area contributed by atoms with Crippen molar-refractivity contribution < 1.29 is 37.8 Å². The number of carbonyl (C=O) groups is 3. The van der Waals surface area contributed by atoms with Crippen LogP contribution in [0.5, 0.6) is 0 Å². The maximum atomic E-state index is 13.1. The minimum absolute atomic E-state index is 0.0384. The molecule has 0 aromatic rings. The Hall–Kier alpha value is -1.69. The van der Waals surface area contributed by atoms with Crippen LogP contribution in [0.25, 0.3) is 0 Å². The number of rotatable bonds is 48. The molecule has 0 N–H and O–H groups in total. The van der Waals surface area contributed by atoms with Crippen LogP contribution in [0.4, 0.5) is 0 Å². The van der Waals surface area contributed by atoms with E-state index in [1.807, 2.05) is 12.2 Å². The number of hydrogen-bond donors (Lipinski definition) is 0. The zero-order valence-corrected chi connectivity index (χ0v) is 43.6.